The van der Waals surface area contributed by atoms with Gasteiger partial charge in [0.05, 0.1) is 12.3 Å². The second-order valence-electron chi connectivity index (χ2n) is 6.14. The van der Waals surface area contributed by atoms with Crippen molar-refractivity contribution in [2.24, 2.45) is 0 Å². The fraction of sp³-hybridized carbons (Fsp3) is 0.316. The lowest BCUT2D eigenvalue weighted by Crippen LogP contribution is -2.35. The summed E-state index contributed by atoms with van der Waals surface area (Å²) in [6.45, 7) is 2.13. The SMILES string of the molecule is CC(NC(=O)CCN(Cc1ccccc1Cl)S(C)(=O)=O)c1ccccc1. The summed E-state index contributed by atoms with van der Waals surface area (Å²) in [4.78, 5) is 12.2. The highest BCUT2D eigenvalue weighted by molar-refractivity contribution is 7.88. The highest BCUT2D eigenvalue weighted by Gasteiger charge is 2.20. The van der Waals surface area contributed by atoms with E-state index in [2.05, 4.69) is 5.32 Å². The summed E-state index contributed by atoms with van der Waals surface area (Å²) in [7, 11) is -3.46. The van der Waals surface area contributed by atoms with Gasteiger partial charge in [0.1, 0.15) is 0 Å². The number of hydrogen-bond acceptors (Lipinski definition) is 3. The molecule has 2 aromatic carbocycles. The molecule has 0 saturated carbocycles. The number of carbonyl (C=O) groups excluding carboxylic acids is 1. The van der Waals surface area contributed by atoms with Crippen LogP contribution in [0.25, 0.3) is 0 Å². The van der Waals surface area contributed by atoms with E-state index in [9.17, 15) is 13.2 Å². The predicted octanol–water partition coefficient (Wildman–Crippen LogP) is 3.37. The van der Waals surface area contributed by atoms with Crippen molar-refractivity contribution in [1.29, 1.82) is 0 Å². The van der Waals surface area contributed by atoms with Gasteiger partial charge in [-0.15, -0.1) is 0 Å². The van der Waals surface area contributed by atoms with Crippen molar-refractivity contribution in [3.8, 4) is 0 Å². The molecule has 0 saturated heterocycles. The Morgan fingerprint density at radius 3 is 2.35 bits per heavy atom. The first-order valence-corrected chi connectivity index (χ1v) is 10.5. The number of nitrogens with one attached hydrogen (secondary N) is 1. The molecule has 0 aromatic heterocycles. The lowest BCUT2D eigenvalue weighted by molar-refractivity contribution is -0.121. The van der Waals surface area contributed by atoms with E-state index >= 15 is 0 Å². The van der Waals surface area contributed by atoms with Gasteiger partial charge in [-0.1, -0.05) is 60.1 Å². The Labute approximate surface area is 160 Å². The van der Waals surface area contributed by atoms with Gasteiger partial charge in [-0.2, -0.15) is 4.31 Å². The number of sulfonamides is 1. The fourth-order valence-electron chi connectivity index (χ4n) is 2.54. The van der Waals surface area contributed by atoms with Crippen molar-refractivity contribution in [3.05, 3.63) is 70.7 Å². The van der Waals surface area contributed by atoms with Crippen LogP contribution in [0.5, 0.6) is 0 Å². The Kier molecular flexibility index (Phi) is 7.20. The van der Waals surface area contributed by atoms with E-state index in [-0.39, 0.29) is 31.5 Å². The third kappa shape index (κ3) is 6.12. The van der Waals surface area contributed by atoms with Crippen LogP contribution in [0.2, 0.25) is 5.02 Å². The van der Waals surface area contributed by atoms with Crippen LogP contribution in [0, 0.1) is 0 Å². The summed E-state index contributed by atoms with van der Waals surface area (Å²) < 4.78 is 25.4. The molecule has 0 spiro atoms. The van der Waals surface area contributed by atoms with Crippen molar-refractivity contribution in [1.82, 2.24) is 9.62 Å². The van der Waals surface area contributed by atoms with Crippen LogP contribution in [0.4, 0.5) is 0 Å². The Morgan fingerprint density at radius 1 is 1.12 bits per heavy atom. The molecule has 1 atom stereocenters. The zero-order chi connectivity index (χ0) is 19.2. The largest absolute Gasteiger partial charge is 0.350 e. The molecule has 7 heteroatoms. The fourth-order valence-corrected chi connectivity index (χ4v) is 3.54. The van der Waals surface area contributed by atoms with Crippen molar-refractivity contribution < 1.29 is 13.2 Å². The number of carbonyl (C=O) groups is 1. The summed E-state index contributed by atoms with van der Waals surface area (Å²) in [6.07, 6.45) is 1.21. The summed E-state index contributed by atoms with van der Waals surface area (Å²) in [5.74, 6) is -0.200. The lowest BCUT2D eigenvalue weighted by Gasteiger charge is -2.21. The van der Waals surface area contributed by atoms with Gasteiger partial charge in [-0.3, -0.25) is 4.79 Å². The smallest absolute Gasteiger partial charge is 0.221 e. The van der Waals surface area contributed by atoms with Gasteiger partial charge in [-0.05, 0) is 24.1 Å². The number of hydrogen-bond donors (Lipinski definition) is 1. The minimum absolute atomic E-state index is 0.0781. The van der Waals surface area contributed by atoms with Crippen LogP contribution < -0.4 is 5.32 Å². The zero-order valence-corrected chi connectivity index (χ0v) is 16.4. The molecule has 0 aliphatic carbocycles. The molecule has 26 heavy (non-hydrogen) atoms. The highest BCUT2D eigenvalue weighted by atomic mass is 35.5. The standard InChI is InChI=1S/C19H23ClN2O3S/c1-15(16-8-4-3-5-9-16)21-19(23)12-13-22(26(2,24)25)14-17-10-6-7-11-18(17)20/h3-11,15H,12-14H2,1-2H3,(H,21,23). The number of nitrogens with zero attached hydrogens (tertiary/aromatic N) is 1. The highest BCUT2D eigenvalue weighted by Crippen LogP contribution is 2.18. The Balaban J connectivity index is 1.97. The first-order chi connectivity index (χ1) is 12.3. The van der Waals surface area contributed by atoms with Gasteiger partial charge in [-0.25, -0.2) is 8.42 Å². The van der Waals surface area contributed by atoms with Crippen molar-refractivity contribution in [2.45, 2.75) is 25.9 Å². The van der Waals surface area contributed by atoms with E-state index in [4.69, 9.17) is 11.6 Å². The predicted molar refractivity (Wildman–Crippen MR) is 104 cm³/mol. The number of rotatable bonds is 8. The molecule has 2 aromatic rings. The van der Waals surface area contributed by atoms with Gasteiger partial charge in [0.15, 0.2) is 0 Å². The molecule has 140 valence electrons. The topological polar surface area (TPSA) is 66.5 Å². The van der Waals surface area contributed by atoms with E-state index in [0.29, 0.717) is 10.6 Å². The van der Waals surface area contributed by atoms with Crippen molar-refractivity contribution >= 4 is 27.5 Å². The molecule has 0 radical (unpaired) electrons. The number of benzene rings is 2. The maximum atomic E-state index is 12.2. The van der Waals surface area contributed by atoms with Crippen LogP contribution in [-0.2, 0) is 21.4 Å². The summed E-state index contributed by atoms with van der Waals surface area (Å²) in [5.41, 5.74) is 1.70. The number of halogens is 1. The molecule has 0 heterocycles. The van der Waals surface area contributed by atoms with E-state index in [1.807, 2.05) is 37.3 Å². The average molecular weight is 395 g/mol. The maximum Gasteiger partial charge on any atom is 0.221 e. The van der Waals surface area contributed by atoms with Gasteiger partial charge >= 0.3 is 0 Å². The third-order valence-electron chi connectivity index (χ3n) is 4.04. The first-order valence-electron chi connectivity index (χ1n) is 8.30. The van der Waals surface area contributed by atoms with Gasteiger partial charge in [0.2, 0.25) is 15.9 Å². The molecule has 0 aliphatic heterocycles. The quantitative estimate of drug-likeness (QED) is 0.746. The molecular formula is C19H23ClN2O3S. The van der Waals surface area contributed by atoms with Gasteiger partial charge < -0.3 is 5.32 Å². The summed E-state index contributed by atoms with van der Waals surface area (Å²) in [6, 6.07) is 16.5. The van der Waals surface area contributed by atoms with Crippen LogP contribution in [0.1, 0.15) is 30.5 Å². The van der Waals surface area contributed by atoms with Crippen LogP contribution in [0.3, 0.4) is 0 Å². The minimum atomic E-state index is -3.46. The lowest BCUT2D eigenvalue weighted by atomic mass is 10.1. The molecule has 0 bridgehead atoms. The Bertz CT molecular complexity index is 841. The molecule has 5 nitrogen and oxygen atoms in total. The van der Waals surface area contributed by atoms with Crippen molar-refractivity contribution in [2.75, 3.05) is 12.8 Å². The second kappa shape index (κ2) is 9.16. The van der Waals surface area contributed by atoms with Crippen LogP contribution >= 0.6 is 11.6 Å². The second-order valence-corrected chi connectivity index (χ2v) is 8.53. The Hall–Kier alpha value is -1.89. The molecule has 2 rings (SSSR count). The van der Waals surface area contributed by atoms with E-state index in [1.54, 1.807) is 24.3 Å². The summed E-state index contributed by atoms with van der Waals surface area (Å²) in [5, 5.41) is 3.39. The number of amides is 1. The molecule has 1 unspecified atom stereocenters. The molecule has 1 amide bonds. The van der Waals surface area contributed by atoms with Crippen LogP contribution in [-0.4, -0.2) is 31.4 Å². The van der Waals surface area contributed by atoms with Gasteiger partial charge in [0, 0.05) is 24.5 Å². The maximum absolute atomic E-state index is 12.2. The van der Waals surface area contributed by atoms with E-state index in [0.717, 1.165) is 11.8 Å². The molecule has 0 fully saturated rings. The zero-order valence-electron chi connectivity index (χ0n) is 14.9. The van der Waals surface area contributed by atoms with Crippen molar-refractivity contribution in [3.63, 3.8) is 0 Å². The monoisotopic (exact) mass is 394 g/mol. The summed E-state index contributed by atoms with van der Waals surface area (Å²) >= 11 is 6.12. The normalized spacial score (nSPS) is 12.8. The average Bonchev–Trinajstić information content (AvgIpc) is 2.59. The van der Waals surface area contributed by atoms with E-state index in [1.165, 1.54) is 4.31 Å². The molecular weight excluding hydrogens is 372 g/mol. The minimum Gasteiger partial charge on any atom is -0.350 e. The van der Waals surface area contributed by atoms with Crippen LogP contribution in [0.15, 0.2) is 54.6 Å². The van der Waals surface area contributed by atoms with Gasteiger partial charge in [0.25, 0.3) is 0 Å². The Morgan fingerprint density at radius 2 is 1.73 bits per heavy atom. The molecule has 0 aliphatic rings. The molecule has 1 N–H and O–H groups in total. The third-order valence-corrected chi connectivity index (χ3v) is 5.66. The van der Waals surface area contributed by atoms with E-state index < -0.39 is 10.0 Å². The first kappa shape index (κ1) is 20.4.